The van der Waals surface area contributed by atoms with Crippen LogP contribution < -0.4 is 9.62 Å². The molecular weight excluding hydrogens is 324 g/mol. The van der Waals surface area contributed by atoms with Crippen LogP contribution in [0.25, 0.3) is 0 Å². The van der Waals surface area contributed by atoms with Crippen molar-refractivity contribution in [2.75, 3.05) is 16.2 Å². The second-order valence-electron chi connectivity index (χ2n) is 7.26. The van der Waals surface area contributed by atoms with Gasteiger partial charge in [-0.1, -0.05) is 12.8 Å². The number of nitrogens with one attached hydrogen (secondary N) is 1. The summed E-state index contributed by atoms with van der Waals surface area (Å²) in [5.74, 6) is 0.437. The highest BCUT2D eigenvalue weighted by Gasteiger charge is 2.35. The molecule has 0 spiro atoms. The summed E-state index contributed by atoms with van der Waals surface area (Å²) in [5, 5.41) is -0.263. The molecule has 2 fully saturated rings. The van der Waals surface area contributed by atoms with Crippen molar-refractivity contribution >= 4 is 27.3 Å². The van der Waals surface area contributed by atoms with Crippen LogP contribution in [0.1, 0.15) is 50.5 Å². The van der Waals surface area contributed by atoms with Crippen LogP contribution in [-0.2, 0) is 21.2 Å². The van der Waals surface area contributed by atoms with Crippen LogP contribution in [0, 0.1) is 5.92 Å². The van der Waals surface area contributed by atoms with E-state index < -0.39 is 10.0 Å². The fourth-order valence-corrected chi connectivity index (χ4v) is 5.46. The van der Waals surface area contributed by atoms with E-state index in [1.807, 2.05) is 17.0 Å². The maximum absolute atomic E-state index is 12.5. The van der Waals surface area contributed by atoms with Gasteiger partial charge in [0.05, 0.1) is 5.25 Å². The molecule has 2 saturated carbocycles. The fraction of sp³-hybridized carbons (Fsp3) is 0.611. The lowest BCUT2D eigenvalue weighted by Gasteiger charge is -2.30. The molecule has 130 valence electrons. The predicted octanol–water partition coefficient (Wildman–Crippen LogP) is 3.06. The molecule has 0 atom stereocenters. The lowest BCUT2D eigenvalue weighted by molar-refractivity contribution is -0.119. The van der Waals surface area contributed by atoms with E-state index in [1.54, 1.807) is 6.07 Å². The second-order valence-corrected chi connectivity index (χ2v) is 9.23. The SMILES string of the molecule is O=C(C1CC1)N1CCCc2cc(NS(=O)(=O)C3CCCC3)ccc21. The summed E-state index contributed by atoms with van der Waals surface area (Å²) in [4.78, 5) is 14.3. The van der Waals surface area contributed by atoms with Crippen molar-refractivity contribution in [1.82, 2.24) is 0 Å². The van der Waals surface area contributed by atoms with Gasteiger partial charge in [-0.3, -0.25) is 9.52 Å². The third kappa shape index (κ3) is 3.04. The number of aryl methyl sites for hydroxylation is 1. The smallest absolute Gasteiger partial charge is 0.235 e. The number of hydrogen-bond donors (Lipinski definition) is 1. The number of sulfonamides is 1. The van der Waals surface area contributed by atoms with E-state index in [0.29, 0.717) is 5.69 Å². The fourth-order valence-electron chi connectivity index (χ4n) is 3.89. The van der Waals surface area contributed by atoms with Crippen LogP contribution >= 0.6 is 0 Å². The van der Waals surface area contributed by atoms with Crippen molar-refractivity contribution in [3.63, 3.8) is 0 Å². The van der Waals surface area contributed by atoms with Gasteiger partial charge in [-0.25, -0.2) is 8.42 Å². The van der Waals surface area contributed by atoms with Crippen LogP contribution in [0.5, 0.6) is 0 Å². The number of anilines is 2. The van der Waals surface area contributed by atoms with E-state index in [0.717, 1.165) is 69.2 Å². The average Bonchev–Trinajstić information content (AvgIpc) is 3.26. The first kappa shape index (κ1) is 15.9. The number of amides is 1. The third-order valence-corrected chi connectivity index (χ3v) is 7.26. The number of carbonyl (C=O) groups is 1. The topological polar surface area (TPSA) is 66.5 Å². The molecule has 0 radical (unpaired) electrons. The zero-order chi connectivity index (χ0) is 16.7. The number of hydrogen-bond acceptors (Lipinski definition) is 3. The minimum absolute atomic E-state index is 0.205. The van der Waals surface area contributed by atoms with E-state index in [2.05, 4.69) is 4.72 Å². The molecule has 24 heavy (non-hydrogen) atoms. The van der Waals surface area contributed by atoms with Crippen molar-refractivity contribution in [1.29, 1.82) is 0 Å². The molecule has 5 nitrogen and oxygen atoms in total. The zero-order valence-electron chi connectivity index (χ0n) is 13.8. The van der Waals surface area contributed by atoms with Gasteiger partial charge in [0.25, 0.3) is 0 Å². The number of rotatable bonds is 4. The monoisotopic (exact) mass is 348 g/mol. The first-order chi connectivity index (χ1) is 11.5. The molecule has 0 saturated heterocycles. The Bertz CT molecular complexity index is 750. The molecule has 1 aliphatic heterocycles. The van der Waals surface area contributed by atoms with Crippen molar-refractivity contribution in [2.45, 2.75) is 56.6 Å². The van der Waals surface area contributed by atoms with Gasteiger partial charge in [0.2, 0.25) is 15.9 Å². The number of benzene rings is 1. The van der Waals surface area contributed by atoms with Crippen LogP contribution in [-0.4, -0.2) is 26.1 Å². The first-order valence-electron chi connectivity index (χ1n) is 9.00. The van der Waals surface area contributed by atoms with Gasteiger partial charge < -0.3 is 4.90 Å². The second kappa shape index (κ2) is 6.06. The molecule has 1 amide bonds. The maximum atomic E-state index is 12.5. The summed E-state index contributed by atoms with van der Waals surface area (Å²) in [6.45, 7) is 0.773. The van der Waals surface area contributed by atoms with Crippen molar-refractivity contribution in [3.05, 3.63) is 23.8 Å². The highest BCUT2D eigenvalue weighted by molar-refractivity contribution is 7.93. The van der Waals surface area contributed by atoms with Crippen molar-refractivity contribution in [2.24, 2.45) is 5.92 Å². The normalized spacial score (nSPS) is 21.6. The quantitative estimate of drug-likeness (QED) is 0.909. The lowest BCUT2D eigenvalue weighted by Crippen LogP contribution is -2.36. The minimum atomic E-state index is -3.30. The summed E-state index contributed by atoms with van der Waals surface area (Å²) < 4.78 is 27.7. The third-order valence-electron chi connectivity index (χ3n) is 5.39. The molecule has 2 aliphatic carbocycles. The van der Waals surface area contributed by atoms with E-state index in [-0.39, 0.29) is 17.1 Å². The van der Waals surface area contributed by atoms with Gasteiger partial charge in [-0.2, -0.15) is 0 Å². The highest BCUT2D eigenvalue weighted by Crippen LogP contribution is 2.37. The van der Waals surface area contributed by atoms with Gasteiger partial charge in [0, 0.05) is 23.8 Å². The molecule has 3 aliphatic rings. The molecule has 1 heterocycles. The summed E-state index contributed by atoms with van der Waals surface area (Å²) in [6, 6.07) is 5.61. The molecule has 0 aromatic heterocycles. The van der Waals surface area contributed by atoms with E-state index in [9.17, 15) is 13.2 Å². The van der Waals surface area contributed by atoms with Crippen molar-refractivity contribution < 1.29 is 13.2 Å². The molecule has 1 N–H and O–H groups in total. The van der Waals surface area contributed by atoms with Gasteiger partial charge in [0.15, 0.2) is 0 Å². The van der Waals surface area contributed by atoms with E-state index >= 15 is 0 Å². The summed E-state index contributed by atoms with van der Waals surface area (Å²) in [5.41, 5.74) is 2.66. The van der Waals surface area contributed by atoms with Crippen LogP contribution in [0.2, 0.25) is 0 Å². The Morgan fingerprint density at radius 3 is 2.54 bits per heavy atom. The largest absolute Gasteiger partial charge is 0.312 e. The van der Waals surface area contributed by atoms with Gasteiger partial charge in [-0.15, -0.1) is 0 Å². The summed E-state index contributed by atoms with van der Waals surface area (Å²) in [7, 11) is -3.30. The molecule has 6 heteroatoms. The Balaban J connectivity index is 1.55. The van der Waals surface area contributed by atoms with Gasteiger partial charge in [0.1, 0.15) is 0 Å². The first-order valence-corrected chi connectivity index (χ1v) is 10.6. The average molecular weight is 348 g/mol. The van der Waals surface area contributed by atoms with E-state index in [1.165, 1.54) is 0 Å². The Kier molecular flexibility index (Phi) is 4.03. The number of fused-ring (bicyclic) bond motifs is 1. The Morgan fingerprint density at radius 2 is 1.83 bits per heavy atom. The Labute approximate surface area is 143 Å². The molecule has 1 aromatic rings. The van der Waals surface area contributed by atoms with Gasteiger partial charge in [-0.05, 0) is 62.3 Å². The van der Waals surface area contributed by atoms with E-state index in [4.69, 9.17) is 0 Å². The Hall–Kier alpha value is -1.56. The predicted molar refractivity (Wildman–Crippen MR) is 94.6 cm³/mol. The maximum Gasteiger partial charge on any atom is 0.235 e. The van der Waals surface area contributed by atoms with Crippen LogP contribution in [0.15, 0.2) is 18.2 Å². The van der Waals surface area contributed by atoms with Crippen LogP contribution in [0.4, 0.5) is 11.4 Å². The minimum Gasteiger partial charge on any atom is -0.312 e. The lowest BCUT2D eigenvalue weighted by atomic mass is 10.0. The number of carbonyl (C=O) groups excluding carboxylic acids is 1. The number of nitrogens with zero attached hydrogens (tertiary/aromatic N) is 1. The summed E-state index contributed by atoms with van der Waals surface area (Å²) in [6.07, 6.45) is 7.33. The molecule has 1 aromatic carbocycles. The van der Waals surface area contributed by atoms with Crippen LogP contribution in [0.3, 0.4) is 0 Å². The van der Waals surface area contributed by atoms with Crippen molar-refractivity contribution in [3.8, 4) is 0 Å². The summed E-state index contributed by atoms with van der Waals surface area (Å²) >= 11 is 0. The molecular formula is C18H24N2O3S. The Morgan fingerprint density at radius 1 is 1.08 bits per heavy atom. The molecule has 4 rings (SSSR count). The standard InChI is InChI=1S/C18H24N2O3S/c21-18(13-7-8-13)20-11-3-4-14-12-15(9-10-17(14)20)19-24(22,23)16-5-1-2-6-16/h9-10,12-13,16,19H,1-8,11H2. The molecule has 0 bridgehead atoms. The van der Waals surface area contributed by atoms with Gasteiger partial charge >= 0.3 is 0 Å². The highest BCUT2D eigenvalue weighted by atomic mass is 32.2. The zero-order valence-corrected chi connectivity index (χ0v) is 14.6. The molecule has 0 unspecified atom stereocenters.